The predicted molar refractivity (Wildman–Crippen MR) is 185 cm³/mol. The number of pyridine rings is 1. The van der Waals surface area contributed by atoms with Gasteiger partial charge in [0.15, 0.2) is 5.69 Å². The molecular formula is C37H37F3N8O3. The van der Waals surface area contributed by atoms with Gasteiger partial charge in [-0.3, -0.25) is 19.3 Å². The van der Waals surface area contributed by atoms with Gasteiger partial charge in [-0.2, -0.15) is 18.3 Å². The highest BCUT2D eigenvalue weighted by Gasteiger charge is 2.40. The van der Waals surface area contributed by atoms with Crippen molar-refractivity contribution in [1.82, 2.24) is 29.2 Å². The second-order valence-electron chi connectivity index (χ2n) is 13.5. The number of ether oxygens (including phenoxy) is 1. The first-order valence-corrected chi connectivity index (χ1v) is 17.1. The van der Waals surface area contributed by atoms with E-state index in [4.69, 9.17) is 9.72 Å². The smallest absolute Gasteiger partial charge is 0.377 e. The van der Waals surface area contributed by atoms with Crippen LogP contribution in [0.3, 0.4) is 0 Å². The monoisotopic (exact) mass is 698 g/mol. The average molecular weight is 699 g/mol. The number of anilines is 2. The molecule has 2 saturated heterocycles. The van der Waals surface area contributed by atoms with Crippen molar-refractivity contribution in [2.24, 2.45) is 7.05 Å². The molecule has 14 heteroatoms. The summed E-state index contributed by atoms with van der Waals surface area (Å²) in [4.78, 5) is 42.7. The Hall–Kier alpha value is -5.24. The third-order valence-corrected chi connectivity index (χ3v) is 10.1. The predicted octanol–water partition coefficient (Wildman–Crippen LogP) is 5.02. The molecule has 0 bridgehead atoms. The summed E-state index contributed by atoms with van der Waals surface area (Å²) >= 11 is 0. The highest BCUT2D eigenvalue weighted by Crippen LogP contribution is 2.42. The van der Waals surface area contributed by atoms with E-state index in [0.29, 0.717) is 78.4 Å². The molecule has 3 aliphatic heterocycles. The maximum Gasteiger partial charge on any atom is 0.435 e. The van der Waals surface area contributed by atoms with E-state index in [2.05, 4.69) is 34.0 Å². The number of imidazole rings is 1. The number of nitrogens with zero attached hydrogens (tertiary/aromatic N) is 8. The van der Waals surface area contributed by atoms with Crippen molar-refractivity contribution in [1.29, 1.82) is 0 Å². The van der Waals surface area contributed by atoms with E-state index < -0.39 is 11.9 Å². The Bertz CT molecular complexity index is 2170. The number of rotatable bonds is 7. The van der Waals surface area contributed by atoms with E-state index in [9.17, 15) is 22.8 Å². The van der Waals surface area contributed by atoms with Gasteiger partial charge in [-0.25, -0.2) is 4.98 Å². The van der Waals surface area contributed by atoms with Gasteiger partial charge in [0, 0.05) is 74.0 Å². The lowest BCUT2D eigenvalue weighted by molar-refractivity contribution is -0.144. The molecule has 0 N–H and O–H groups in total. The molecule has 6 heterocycles. The molecular weight excluding hydrogens is 661 g/mol. The van der Waals surface area contributed by atoms with Gasteiger partial charge in [0.2, 0.25) is 5.91 Å². The van der Waals surface area contributed by atoms with Crippen LogP contribution in [0.15, 0.2) is 55.2 Å². The molecule has 11 nitrogen and oxygen atoms in total. The van der Waals surface area contributed by atoms with Gasteiger partial charge in [0.25, 0.3) is 5.91 Å². The fourth-order valence-electron chi connectivity index (χ4n) is 7.53. The molecule has 51 heavy (non-hydrogen) atoms. The molecule has 5 aromatic rings. The van der Waals surface area contributed by atoms with E-state index >= 15 is 0 Å². The number of piperazine rings is 1. The molecule has 0 unspecified atom stereocenters. The van der Waals surface area contributed by atoms with Crippen LogP contribution in [0, 0.1) is 6.92 Å². The van der Waals surface area contributed by atoms with E-state index in [1.807, 2.05) is 22.5 Å². The molecule has 3 aliphatic rings. The van der Waals surface area contributed by atoms with Crippen LogP contribution in [-0.2, 0) is 42.1 Å². The maximum atomic E-state index is 14.7. The molecule has 0 spiro atoms. The molecule has 264 valence electrons. The number of carbonyl (C=O) groups excluding carboxylic acids is 2. The van der Waals surface area contributed by atoms with Crippen molar-refractivity contribution >= 4 is 34.1 Å². The minimum Gasteiger partial charge on any atom is -0.377 e. The van der Waals surface area contributed by atoms with Crippen molar-refractivity contribution in [3.05, 3.63) is 88.9 Å². The minimum absolute atomic E-state index is 0.0462. The molecule has 8 rings (SSSR count). The van der Waals surface area contributed by atoms with E-state index in [0.717, 1.165) is 27.7 Å². The van der Waals surface area contributed by atoms with Crippen molar-refractivity contribution < 1.29 is 27.5 Å². The number of hydrogen-bond donors (Lipinski definition) is 0. The van der Waals surface area contributed by atoms with Crippen molar-refractivity contribution in [2.45, 2.75) is 45.5 Å². The van der Waals surface area contributed by atoms with Crippen LogP contribution in [0.2, 0.25) is 0 Å². The first-order valence-electron chi connectivity index (χ1n) is 17.1. The number of aromatic nitrogens is 5. The lowest BCUT2D eigenvalue weighted by atomic mass is 9.87. The van der Waals surface area contributed by atoms with Gasteiger partial charge in [-0.05, 0) is 72.4 Å². The Morgan fingerprint density at radius 2 is 1.76 bits per heavy atom. The number of aryl methyl sites for hydroxylation is 3. The van der Waals surface area contributed by atoms with Gasteiger partial charge < -0.3 is 24.0 Å². The molecule has 3 aromatic heterocycles. The normalized spacial score (nSPS) is 17.0. The zero-order chi connectivity index (χ0) is 35.6. The average Bonchev–Trinajstić information content (AvgIpc) is 3.74. The zero-order valence-corrected chi connectivity index (χ0v) is 28.6. The highest BCUT2D eigenvalue weighted by atomic mass is 19.4. The third kappa shape index (κ3) is 5.90. The number of halogens is 3. The van der Waals surface area contributed by atoms with Gasteiger partial charge in [0.05, 0.1) is 49.0 Å². The zero-order valence-electron chi connectivity index (χ0n) is 28.6. The second kappa shape index (κ2) is 12.5. The summed E-state index contributed by atoms with van der Waals surface area (Å²) in [7, 11) is 1.46. The van der Waals surface area contributed by atoms with Crippen molar-refractivity contribution in [3.63, 3.8) is 0 Å². The van der Waals surface area contributed by atoms with Crippen molar-refractivity contribution in [3.8, 4) is 11.1 Å². The summed E-state index contributed by atoms with van der Waals surface area (Å²) in [6, 6.07) is 9.68. The van der Waals surface area contributed by atoms with Gasteiger partial charge >= 0.3 is 6.18 Å². The number of amides is 2. The number of fused-ring (bicyclic) bond motifs is 2. The van der Waals surface area contributed by atoms with Crippen LogP contribution in [0.1, 0.15) is 45.4 Å². The van der Waals surface area contributed by atoms with Crippen LogP contribution < -0.4 is 9.80 Å². The Labute approximate surface area is 292 Å². The molecule has 0 aliphatic carbocycles. The standard InChI is InChI=1S/C37H37F3N8O3/c1-4-23-12-29-31(11-22(2)42-34(29)32(15-23)46-9-10-47(33(49)18-46)25-19-51-20-25)48-7-5-26-27(30-17-44(3)43-35(30)37(38,39)40)13-24(14-28(26)36(48)50)16-45-8-6-41-21-45/h6,8,11-15,17,21,25H,4-5,7,9-10,16,18-20H2,1-3H3. The van der Waals surface area contributed by atoms with Gasteiger partial charge in [0.1, 0.15) is 0 Å². The van der Waals surface area contributed by atoms with Crippen molar-refractivity contribution in [2.75, 3.05) is 49.2 Å². The number of hydrogen-bond acceptors (Lipinski definition) is 7. The van der Waals surface area contributed by atoms with Crippen LogP contribution in [0.5, 0.6) is 0 Å². The molecule has 0 radical (unpaired) electrons. The summed E-state index contributed by atoms with van der Waals surface area (Å²) in [5.74, 6) is -0.255. The Morgan fingerprint density at radius 1 is 0.961 bits per heavy atom. The van der Waals surface area contributed by atoms with Gasteiger partial charge in [-0.1, -0.05) is 6.92 Å². The Morgan fingerprint density at radius 3 is 2.45 bits per heavy atom. The van der Waals surface area contributed by atoms with Crippen LogP contribution in [0.4, 0.5) is 24.5 Å². The molecule has 0 saturated carbocycles. The summed E-state index contributed by atoms with van der Waals surface area (Å²) in [5.41, 5.74) is 4.85. The molecule has 2 fully saturated rings. The second-order valence-corrected chi connectivity index (χ2v) is 13.5. The van der Waals surface area contributed by atoms with E-state index in [1.165, 1.54) is 13.2 Å². The lowest BCUT2D eigenvalue weighted by Gasteiger charge is -2.43. The summed E-state index contributed by atoms with van der Waals surface area (Å²) in [6.45, 7) is 7.09. The quantitative estimate of drug-likeness (QED) is 0.235. The highest BCUT2D eigenvalue weighted by molar-refractivity contribution is 6.14. The first kappa shape index (κ1) is 32.9. The number of carbonyl (C=O) groups is 2. The number of alkyl halides is 3. The minimum atomic E-state index is -4.68. The van der Waals surface area contributed by atoms with Gasteiger partial charge in [-0.15, -0.1) is 0 Å². The van der Waals surface area contributed by atoms with E-state index in [1.54, 1.807) is 35.8 Å². The molecule has 2 aromatic carbocycles. The summed E-state index contributed by atoms with van der Waals surface area (Å²) in [6.07, 6.45) is 2.77. The van der Waals surface area contributed by atoms with Crippen LogP contribution in [-0.4, -0.2) is 86.5 Å². The maximum absolute atomic E-state index is 14.7. The fourth-order valence-corrected chi connectivity index (χ4v) is 7.53. The molecule has 2 amide bonds. The third-order valence-electron chi connectivity index (χ3n) is 10.1. The van der Waals surface area contributed by atoms with Crippen LogP contribution >= 0.6 is 0 Å². The Kier molecular flexibility index (Phi) is 8.08. The topological polar surface area (TPSA) is 102 Å². The number of benzene rings is 2. The van der Waals surface area contributed by atoms with Crippen LogP contribution in [0.25, 0.3) is 22.0 Å². The SMILES string of the molecule is CCc1cc(N2CCN(C3COC3)C(=O)C2)c2nc(C)cc(N3CCc4c(cc(Cn5ccnc5)cc4-c4cn(C)nc4C(F)(F)F)C3=O)c2c1. The summed E-state index contributed by atoms with van der Waals surface area (Å²) < 4.78 is 51.1. The summed E-state index contributed by atoms with van der Waals surface area (Å²) in [5, 5.41) is 4.55. The Balaban J connectivity index is 1.23. The molecule has 0 atom stereocenters. The fraction of sp³-hybridized carbons (Fsp3) is 0.378. The van der Waals surface area contributed by atoms with E-state index in [-0.39, 0.29) is 36.5 Å². The lowest BCUT2D eigenvalue weighted by Crippen LogP contribution is -2.59. The largest absolute Gasteiger partial charge is 0.435 e. The first-order chi connectivity index (χ1) is 24.5.